The van der Waals surface area contributed by atoms with Gasteiger partial charge in [0.2, 0.25) is 15.9 Å². The molecule has 2 rings (SSSR count). The summed E-state index contributed by atoms with van der Waals surface area (Å²) in [4.78, 5) is 10.9. The van der Waals surface area contributed by atoms with Gasteiger partial charge in [-0.1, -0.05) is 18.2 Å². The van der Waals surface area contributed by atoms with Crippen molar-refractivity contribution in [3.05, 3.63) is 59.7 Å². The topological polar surface area (TPSA) is 115 Å². The first kappa shape index (κ1) is 14.9. The summed E-state index contributed by atoms with van der Waals surface area (Å²) < 4.78 is 26.6. The summed E-state index contributed by atoms with van der Waals surface area (Å²) in [6, 6.07) is 12.6. The summed E-state index contributed by atoms with van der Waals surface area (Å²) in [6.07, 6.45) is 0. The average molecular weight is 305 g/mol. The Morgan fingerprint density at radius 1 is 1.05 bits per heavy atom. The van der Waals surface area contributed by atoms with Crippen LogP contribution in [0.3, 0.4) is 0 Å². The van der Waals surface area contributed by atoms with E-state index in [1.807, 2.05) is 0 Å². The number of nitrogens with one attached hydrogen (secondary N) is 1. The van der Waals surface area contributed by atoms with Crippen molar-refractivity contribution < 1.29 is 13.2 Å². The number of carbonyl (C=O) groups excluding carboxylic acids is 1. The third kappa shape index (κ3) is 3.96. The van der Waals surface area contributed by atoms with Crippen LogP contribution in [0, 0.1) is 0 Å². The van der Waals surface area contributed by atoms with Crippen LogP contribution in [0.4, 0.5) is 11.4 Å². The molecule has 1 amide bonds. The molecular weight excluding hydrogens is 290 g/mol. The van der Waals surface area contributed by atoms with Crippen LogP contribution in [0.5, 0.6) is 0 Å². The highest BCUT2D eigenvalue weighted by molar-refractivity contribution is 7.91. The molecule has 0 aliphatic rings. The van der Waals surface area contributed by atoms with E-state index in [2.05, 4.69) is 4.72 Å². The van der Waals surface area contributed by atoms with Crippen LogP contribution in [0.25, 0.3) is 0 Å². The fraction of sp³-hybridized carbons (Fsp3) is 0.0714. The zero-order valence-electron chi connectivity index (χ0n) is 11.1. The molecule has 0 spiro atoms. The zero-order chi connectivity index (χ0) is 15.5. The number of nitrogens with two attached hydrogens (primary N) is 2. The van der Waals surface area contributed by atoms with Crippen LogP contribution in [-0.2, 0) is 15.8 Å². The van der Waals surface area contributed by atoms with Gasteiger partial charge < -0.3 is 11.5 Å². The molecule has 0 saturated heterocycles. The lowest BCUT2D eigenvalue weighted by Crippen LogP contribution is -2.16. The third-order valence-corrected chi connectivity index (χ3v) is 4.08. The van der Waals surface area contributed by atoms with E-state index in [1.54, 1.807) is 24.3 Å². The Hall–Kier alpha value is -2.54. The summed E-state index contributed by atoms with van der Waals surface area (Å²) in [5.41, 5.74) is 12.5. The lowest BCUT2D eigenvalue weighted by atomic mass is 10.2. The van der Waals surface area contributed by atoms with E-state index in [1.165, 1.54) is 24.3 Å². The predicted molar refractivity (Wildman–Crippen MR) is 82.1 cm³/mol. The molecule has 0 aromatic heterocycles. The van der Waals surface area contributed by atoms with Gasteiger partial charge >= 0.3 is 0 Å². The number of benzene rings is 2. The van der Waals surface area contributed by atoms with Gasteiger partial charge in [0.05, 0.1) is 5.75 Å². The molecule has 0 unspecified atom stereocenters. The van der Waals surface area contributed by atoms with E-state index >= 15 is 0 Å². The molecule has 7 heteroatoms. The van der Waals surface area contributed by atoms with Crippen molar-refractivity contribution in [1.29, 1.82) is 0 Å². The van der Waals surface area contributed by atoms with Gasteiger partial charge in [-0.3, -0.25) is 9.52 Å². The minimum Gasteiger partial charge on any atom is -0.398 e. The number of sulfonamides is 1. The number of primary amides is 1. The fourth-order valence-electron chi connectivity index (χ4n) is 1.79. The standard InChI is InChI=1S/C14H15N3O3S/c15-13-4-2-1-3-11(13)9-21(19,20)17-12-7-5-10(6-8-12)14(16)18/h1-8,17H,9,15H2,(H2,16,18). The molecule has 0 aliphatic heterocycles. The maximum absolute atomic E-state index is 12.1. The van der Waals surface area contributed by atoms with Crippen molar-refractivity contribution in [3.63, 3.8) is 0 Å². The Bertz CT molecular complexity index is 755. The van der Waals surface area contributed by atoms with E-state index in [-0.39, 0.29) is 5.75 Å². The molecule has 0 atom stereocenters. The lowest BCUT2D eigenvalue weighted by Gasteiger charge is -2.10. The summed E-state index contributed by atoms with van der Waals surface area (Å²) >= 11 is 0. The first-order valence-electron chi connectivity index (χ1n) is 6.11. The second kappa shape index (κ2) is 5.84. The lowest BCUT2D eigenvalue weighted by molar-refractivity contribution is 0.100. The number of amides is 1. The summed E-state index contributed by atoms with van der Waals surface area (Å²) in [5.74, 6) is -0.793. The normalized spacial score (nSPS) is 11.0. The maximum Gasteiger partial charge on any atom is 0.248 e. The molecule has 21 heavy (non-hydrogen) atoms. The van der Waals surface area contributed by atoms with E-state index in [0.717, 1.165) is 0 Å². The number of hydrogen-bond donors (Lipinski definition) is 3. The first-order chi connectivity index (χ1) is 9.87. The van der Waals surface area contributed by atoms with Gasteiger partial charge in [-0.2, -0.15) is 0 Å². The quantitative estimate of drug-likeness (QED) is 0.722. The molecule has 0 fully saturated rings. The Kier molecular flexibility index (Phi) is 4.13. The molecule has 2 aromatic rings. The first-order valence-corrected chi connectivity index (χ1v) is 7.76. The van der Waals surface area contributed by atoms with Gasteiger partial charge in [-0.15, -0.1) is 0 Å². The van der Waals surface area contributed by atoms with E-state index in [9.17, 15) is 13.2 Å². The second-order valence-electron chi connectivity index (χ2n) is 4.50. The fourth-order valence-corrected chi connectivity index (χ4v) is 3.03. The van der Waals surface area contributed by atoms with Crippen molar-refractivity contribution >= 4 is 27.3 Å². The molecule has 5 N–H and O–H groups in total. The Balaban J connectivity index is 2.14. The molecule has 0 bridgehead atoms. The summed E-state index contributed by atoms with van der Waals surface area (Å²) in [6.45, 7) is 0. The molecule has 110 valence electrons. The minimum atomic E-state index is -3.59. The van der Waals surface area contributed by atoms with Crippen LogP contribution in [-0.4, -0.2) is 14.3 Å². The van der Waals surface area contributed by atoms with Gasteiger partial charge in [0.15, 0.2) is 0 Å². The Morgan fingerprint density at radius 2 is 1.67 bits per heavy atom. The van der Waals surface area contributed by atoms with Crippen molar-refractivity contribution in [3.8, 4) is 0 Å². The monoisotopic (exact) mass is 305 g/mol. The molecule has 0 aliphatic carbocycles. The smallest absolute Gasteiger partial charge is 0.248 e. The van der Waals surface area contributed by atoms with Crippen molar-refractivity contribution in [2.75, 3.05) is 10.5 Å². The van der Waals surface area contributed by atoms with Crippen molar-refractivity contribution in [1.82, 2.24) is 0 Å². The van der Waals surface area contributed by atoms with E-state index in [4.69, 9.17) is 11.5 Å². The van der Waals surface area contributed by atoms with Crippen LogP contribution in [0.15, 0.2) is 48.5 Å². The zero-order valence-corrected chi connectivity index (χ0v) is 11.9. The van der Waals surface area contributed by atoms with Crippen LogP contribution < -0.4 is 16.2 Å². The van der Waals surface area contributed by atoms with Crippen molar-refractivity contribution in [2.24, 2.45) is 5.73 Å². The predicted octanol–water partition coefficient (Wildman–Crippen LogP) is 1.31. The summed E-state index contributed by atoms with van der Waals surface area (Å²) in [7, 11) is -3.59. The van der Waals surface area contributed by atoms with Gasteiger partial charge in [0.1, 0.15) is 0 Å². The van der Waals surface area contributed by atoms with Gasteiger partial charge in [0, 0.05) is 16.9 Å². The largest absolute Gasteiger partial charge is 0.398 e. The average Bonchev–Trinajstić information content (AvgIpc) is 2.41. The highest BCUT2D eigenvalue weighted by Gasteiger charge is 2.13. The highest BCUT2D eigenvalue weighted by atomic mass is 32.2. The SMILES string of the molecule is NC(=O)c1ccc(NS(=O)(=O)Cc2ccccc2N)cc1. The van der Waals surface area contributed by atoms with Crippen molar-refractivity contribution in [2.45, 2.75) is 5.75 Å². The number of para-hydroxylation sites is 1. The van der Waals surface area contributed by atoms with Crippen LogP contribution in [0.2, 0.25) is 0 Å². The molecule has 2 aromatic carbocycles. The number of hydrogen-bond acceptors (Lipinski definition) is 4. The van der Waals surface area contributed by atoms with Gasteiger partial charge in [-0.05, 0) is 35.9 Å². The maximum atomic E-state index is 12.1. The van der Waals surface area contributed by atoms with Crippen LogP contribution >= 0.6 is 0 Å². The number of rotatable bonds is 5. The second-order valence-corrected chi connectivity index (χ2v) is 6.22. The molecule has 0 radical (unpaired) electrons. The number of anilines is 2. The molecule has 0 saturated carbocycles. The summed E-state index contributed by atoms with van der Waals surface area (Å²) in [5, 5.41) is 0. The molecule has 0 heterocycles. The molecular formula is C14H15N3O3S. The Morgan fingerprint density at radius 3 is 2.24 bits per heavy atom. The highest BCUT2D eigenvalue weighted by Crippen LogP contribution is 2.17. The van der Waals surface area contributed by atoms with E-state index in [0.29, 0.717) is 22.5 Å². The third-order valence-electron chi connectivity index (χ3n) is 2.84. The molecule has 6 nitrogen and oxygen atoms in total. The number of nitrogen functional groups attached to an aromatic ring is 1. The van der Waals surface area contributed by atoms with E-state index < -0.39 is 15.9 Å². The minimum absolute atomic E-state index is 0.225. The number of carbonyl (C=O) groups is 1. The Labute approximate surface area is 122 Å². The van der Waals surface area contributed by atoms with Gasteiger partial charge in [-0.25, -0.2) is 8.42 Å². The van der Waals surface area contributed by atoms with Crippen LogP contribution in [0.1, 0.15) is 15.9 Å². The van der Waals surface area contributed by atoms with Gasteiger partial charge in [0.25, 0.3) is 0 Å².